The van der Waals surface area contributed by atoms with Gasteiger partial charge in [-0.1, -0.05) is 12.1 Å². The maximum absolute atomic E-state index is 12.1. The smallest absolute Gasteiger partial charge is 0.291 e. The third-order valence-electron chi connectivity index (χ3n) is 3.44. The molecule has 2 N–H and O–H groups in total. The van der Waals surface area contributed by atoms with Crippen molar-refractivity contribution in [1.29, 1.82) is 0 Å². The van der Waals surface area contributed by atoms with Gasteiger partial charge in [0.15, 0.2) is 5.69 Å². The average molecular weight is 418 g/mol. The third kappa shape index (κ3) is 4.34. The number of aromatic nitrogens is 2. The molecule has 3 rings (SSSR count). The number of anilines is 1. The molecule has 128 valence electrons. The van der Waals surface area contributed by atoms with Crippen LogP contribution in [0.25, 0.3) is 10.6 Å². The van der Waals surface area contributed by atoms with Crippen LogP contribution in [0.2, 0.25) is 0 Å². The number of carbonyl (C=O) groups excluding carboxylic acids is 1. The molecule has 0 radical (unpaired) electrons. The molecule has 2 aromatic heterocycles. The lowest BCUT2D eigenvalue weighted by molar-refractivity contribution is 0.0950. The number of carbonyl (C=O) groups is 1. The van der Waals surface area contributed by atoms with E-state index in [1.165, 1.54) is 0 Å². The molecular weight excluding hydrogens is 402 g/mol. The van der Waals surface area contributed by atoms with Gasteiger partial charge in [-0.2, -0.15) is 10.2 Å². The van der Waals surface area contributed by atoms with Gasteiger partial charge >= 0.3 is 0 Å². The van der Waals surface area contributed by atoms with E-state index >= 15 is 0 Å². The minimum Gasteiger partial charge on any atom is -0.378 e. The quantitative estimate of drug-likeness (QED) is 0.490. The fourth-order valence-corrected chi connectivity index (χ4v) is 3.46. The molecule has 8 heteroatoms. The van der Waals surface area contributed by atoms with Gasteiger partial charge in [0.05, 0.1) is 20.6 Å². The SMILES string of the molecule is CN(C)c1ccc(/C=N\NC(=O)c2cc(-c3ccc(Br)s3)[nH]n2)cc1. The number of hydrogen-bond donors (Lipinski definition) is 2. The molecule has 0 spiro atoms. The summed E-state index contributed by atoms with van der Waals surface area (Å²) >= 11 is 4.98. The molecule has 0 atom stereocenters. The first-order valence-corrected chi connectivity index (χ1v) is 9.06. The number of H-pyrrole nitrogens is 1. The summed E-state index contributed by atoms with van der Waals surface area (Å²) in [6.45, 7) is 0. The number of rotatable bonds is 5. The topological polar surface area (TPSA) is 73.4 Å². The van der Waals surface area contributed by atoms with Gasteiger partial charge in [-0.05, 0) is 51.8 Å². The van der Waals surface area contributed by atoms with E-state index in [-0.39, 0.29) is 5.91 Å². The lowest BCUT2D eigenvalue weighted by Crippen LogP contribution is -2.18. The van der Waals surface area contributed by atoms with E-state index in [9.17, 15) is 4.79 Å². The van der Waals surface area contributed by atoms with Gasteiger partial charge < -0.3 is 4.90 Å². The third-order valence-corrected chi connectivity index (χ3v) is 5.10. The van der Waals surface area contributed by atoms with Gasteiger partial charge in [-0.25, -0.2) is 5.43 Å². The maximum Gasteiger partial charge on any atom is 0.291 e. The van der Waals surface area contributed by atoms with Crippen molar-refractivity contribution in [3.8, 4) is 10.6 Å². The summed E-state index contributed by atoms with van der Waals surface area (Å²) in [5.41, 5.74) is 5.58. The molecule has 0 aliphatic heterocycles. The summed E-state index contributed by atoms with van der Waals surface area (Å²) in [6.07, 6.45) is 1.60. The van der Waals surface area contributed by atoms with E-state index in [0.29, 0.717) is 5.69 Å². The normalized spacial score (nSPS) is 11.0. The highest BCUT2D eigenvalue weighted by Crippen LogP contribution is 2.30. The first-order chi connectivity index (χ1) is 12.0. The van der Waals surface area contributed by atoms with Crippen LogP contribution in [0.3, 0.4) is 0 Å². The molecule has 0 aliphatic carbocycles. The summed E-state index contributed by atoms with van der Waals surface area (Å²) in [6, 6.07) is 13.5. The lowest BCUT2D eigenvalue weighted by atomic mass is 10.2. The fraction of sp³-hybridized carbons (Fsp3) is 0.118. The van der Waals surface area contributed by atoms with Crippen LogP contribution in [-0.4, -0.2) is 36.4 Å². The highest BCUT2D eigenvalue weighted by Gasteiger charge is 2.11. The fourth-order valence-electron chi connectivity index (χ4n) is 2.10. The highest BCUT2D eigenvalue weighted by molar-refractivity contribution is 9.11. The Morgan fingerprint density at radius 2 is 2.04 bits per heavy atom. The summed E-state index contributed by atoms with van der Waals surface area (Å²) in [4.78, 5) is 15.1. The predicted octanol–water partition coefficient (Wildman–Crippen LogP) is 3.73. The Morgan fingerprint density at radius 3 is 2.68 bits per heavy atom. The largest absolute Gasteiger partial charge is 0.378 e. The van der Waals surface area contributed by atoms with Gasteiger partial charge in [0, 0.05) is 19.8 Å². The molecule has 1 aromatic carbocycles. The number of amides is 1. The Bertz CT molecular complexity index is 898. The summed E-state index contributed by atoms with van der Waals surface area (Å²) in [5.74, 6) is -0.362. The van der Waals surface area contributed by atoms with Crippen molar-refractivity contribution in [1.82, 2.24) is 15.6 Å². The summed E-state index contributed by atoms with van der Waals surface area (Å²) in [7, 11) is 3.96. The number of hydrogen-bond acceptors (Lipinski definition) is 5. The van der Waals surface area contributed by atoms with Gasteiger partial charge in [-0.3, -0.25) is 9.89 Å². The van der Waals surface area contributed by atoms with Gasteiger partial charge in [0.2, 0.25) is 0 Å². The average Bonchev–Trinajstić information content (AvgIpc) is 3.24. The van der Waals surface area contributed by atoms with Crippen LogP contribution in [0, 0.1) is 0 Å². The van der Waals surface area contributed by atoms with Crippen molar-refractivity contribution in [2.24, 2.45) is 5.10 Å². The molecule has 2 heterocycles. The molecule has 0 aliphatic rings. The second-order valence-corrected chi connectivity index (χ2v) is 7.92. The number of nitrogens with zero attached hydrogens (tertiary/aromatic N) is 3. The summed E-state index contributed by atoms with van der Waals surface area (Å²) < 4.78 is 1.02. The molecular formula is C17H16BrN5OS. The van der Waals surface area contributed by atoms with Crippen LogP contribution < -0.4 is 10.3 Å². The van der Waals surface area contributed by atoms with E-state index < -0.39 is 0 Å². The van der Waals surface area contributed by atoms with Gasteiger partial charge in [0.1, 0.15) is 0 Å². The molecule has 0 unspecified atom stereocenters. The van der Waals surface area contributed by atoms with Crippen molar-refractivity contribution < 1.29 is 4.79 Å². The van der Waals surface area contributed by atoms with E-state index in [0.717, 1.165) is 25.6 Å². The van der Waals surface area contributed by atoms with Crippen LogP contribution >= 0.6 is 27.3 Å². The molecule has 0 fully saturated rings. The first-order valence-electron chi connectivity index (χ1n) is 7.45. The molecule has 3 aromatic rings. The molecule has 25 heavy (non-hydrogen) atoms. The number of nitrogens with one attached hydrogen (secondary N) is 2. The monoisotopic (exact) mass is 417 g/mol. The van der Waals surface area contributed by atoms with E-state index in [2.05, 4.69) is 36.7 Å². The van der Waals surface area contributed by atoms with Crippen LogP contribution in [0.15, 0.2) is 51.4 Å². The second kappa shape index (κ2) is 7.62. The van der Waals surface area contributed by atoms with Crippen molar-refractivity contribution >= 4 is 45.1 Å². The Hall–Kier alpha value is -2.45. The molecule has 0 bridgehead atoms. The van der Waals surface area contributed by atoms with Crippen LogP contribution in [0.5, 0.6) is 0 Å². The Morgan fingerprint density at radius 1 is 1.28 bits per heavy atom. The zero-order chi connectivity index (χ0) is 17.8. The number of thiophene rings is 1. The van der Waals surface area contributed by atoms with Crippen LogP contribution in [-0.2, 0) is 0 Å². The highest BCUT2D eigenvalue weighted by atomic mass is 79.9. The van der Waals surface area contributed by atoms with Crippen LogP contribution in [0.4, 0.5) is 5.69 Å². The number of benzene rings is 1. The van der Waals surface area contributed by atoms with E-state index in [1.807, 2.05) is 55.4 Å². The molecule has 0 saturated carbocycles. The molecule has 1 amide bonds. The molecule has 0 saturated heterocycles. The number of aromatic amines is 1. The zero-order valence-corrected chi connectivity index (χ0v) is 16.1. The molecule has 6 nitrogen and oxygen atoms in total. The number of halogens is 1. The standard InChI is InChI=1S/C17H16BrN5OS/c1-23(2)12-5-3-11(4-6-12)10-19-22-17(24)14-9-13(20-21-14)15-7-8-16(18)25-15/h3-10H,1-2H3,(H,20,21)(H,22,24)/b19-10-. The van der Waals surface area contributed by atoms with Crippen molar-refractivity contribution in [3.63, 3.8) is 0 Å². The van der Waals surface area contributed by atoms with Crippen molar-refractivity contribution in [2.75, 3.05) is 19.0 Å². The van der Waals surface area contributed by atoms with Crippen LogP contribution in [0.1, 0.15) is 16.1 Å². The number of hydrazone groups is 1. The maximum atomic E-state index is 12.1. The van der Waals surface area contributed by atoms with E-state index in [1.54, 1.807) is 23.6 Å². The predicted molar refractivity (Wildman–Crippen MR) is 105 cm³/mol. The van der Waals surface area contributed by atoms with E-state index in [4.69, 9.17) is 0 Å². The zero-order valence-electron chi connectivity index (χ0n) is 13.7. The van der Waals surface area contributed by atoms with Gasteiger partial charge in [-0.15, -0.1) is 11.3 Å². The minimum atomic E-state index is -0.362. The summed E-state index contributed by atoms with van der Waals surface area (Å²) in [5, 5.41) is 10.9. The second-order valence-electron chi connectivity index (χ2n) is 5.46. The van der Waals surface area contributed by atoms with Crippen molar-refractivity contribution in [2.45, 2.75) is 0 Å². The Labute approximate surface area is 157 Å². The van der Waals surface area contributed by atoms with Gasteiger partial charge in [0.25, 0.3) is 5.91 Å². The first kappa shape index (κ1) is 17.4. The minimum absolute atomic E-state index is 0.291. The Kier molecular flexibility index (Phi) is 5.30. The lowest BCUT2D eigenvalue weighted by Gasteiger charge is -2.11. The van der Waals surface area contributed by atoms with Crippen molar-refractivity contribution in [3.05, 3.63) is 57.5 Å². The Balaban J connectivity index is 1.61.